The molecule has 0 N–H and O–H groups in total. The molecule has 3 heterocycles. The van der Waals surface area contributed by atoms with Crippen LogP contribution in [0.5, 0.6) is 5.19 Å². The van der Waals surface area contributed by atoms with Crippen molar-refractivity contribution in [3.05, 3.63) is 32.7 Å². The summed E-state index contributed by atoms with van der Waals surface area (Å²) in [7, 11) is 0. The Morgan fingerprint density at radius 3 is 3.00 bits per heavy atom. The molecule has 0 aliphatic carbocycles. The number of ether oxygens (including phenoxy) is 1. The van der Waals surface area contributed by atoms with E-state index in [2.05, 4.69) is 20.2 Å². The molecule has 118 valence electrons. The van der Waals surface area contributed by atoms with Crippen LogP contribution in [0, 0.1) is 0 Å². The van der Waals surface area contributed by atoms with Gasteiger partial charge in [-0.05, 0) is 19.4 Å². The number of nitrogens with zero attached hydrogens (tertiary/aromatic N) is 5. The molecule has 8 heteroatoms. The molecule has 0 spiro atoms. The number of rotatable bonds is 5. The predicted octanol–water partition coefficient (Wildman–Crippen LogP) is 1.07. The lowest BCUT2D eigenvalue weighted by atomic mass is 10.1. The van der Waals surface area contributed by atoms with E-state index in [1.165, 1.54) is 16.0 Å². The third-order valence-electron chi connectivity index (χ3n) is 3.60. The normalized spacial score (nSPS) is 14.8. The zero-order valence-corrected chi connectivity index (χ0v) is 13.6. The molecule has 2 aromatic rings. The van der Waals surface area contributed by atoms with Crippen molar-refractivity contribution in [1.29, 1.82) is 0 Å². The minimum absolute atomic E-state index is 0.0300. The first-order chi connectivity index (χ1) is 10.7. The Balaban J connectivity index is 1.71. The van der Waals surface area contributed by atoms with Crippen molar-refractivity contribution < 1.29 is 4.74 Å². The van der Waals surface area contributed by atoms with Gasteiger partial charge in [-0.2, -0.15) is 5.10 Å². The summed E-state index contributed by atoms with van der Waals surface area (Å²) in [4.78, 5) is 14.2. The lowest BCUT2D eigenvalue weighted by molar-refractivity contribution is 0.240. The summed E-state index contributed by atoms with van der Waals surface area (Å²) in [5, 5.41) is 14.1. The van der Waals surface area contributed by atoms with Gasteiger partial charge in [0.1, 0.15) is 5.01 Å². The van der Waals surface area contributed by atoms with Crippen LogP contribution in [0.25, 0.3) is 0 Å². The van der Waals surface area contributed by atoms with Crippen LogP contribution in [0.1, 0.15) is 30.1 Å². The van der Waals surface area contributed by atoms with Crippen molar-refractivity contribution in [3.8, 4) is 5.19 Å². The maximum absolute atomic E-state index is 11.9. The summed E-state index contributed by atoms with van der Waals surface area (Å²) >= 11 is 1.47. The van der Waals surface area contributed by atoms with Crippen molar-refractivity contribution in [2.75, 3.05) is 13.2 Å². The van der Waals surface area contributed by atoms with E-state index in [9.17, 15) is 4.79 Å². The molecule has 0 unspecified atom stereocenters. The van der Waals surface area contributed by atoms with Crippen LogP contribution in [0.15, 0.2) is 10.9 Å². The van der Waals surface area contributed by atoms with Gasteiger partial charge in [0.25, 0.3) is 10.8 Å². The molecule has 0 aromatic carbocycles. The highest BCUT2D eigenvalue weighted by Crippen LogP contribution is 2.22. The minimum Gasteiger partial charge on any atom is -0.469 e. The number of fused-ring (bicyclic) bond motifs is 1. The van der Waals surface area contributed by atoms with Gasteiger partial charge < -0.3 is 4.74 Å². The van der Waals surface area contributed by atoms with Gasteiger partial charge in [-0.15, -0.1) is 10.2 Å². The Morgan fingerprint density at radius 2 is 2.23 bits per heavy atom. The van der Waals surface area contributed by atoms with E-state index >= 15 is 0 Å². The van der Waals surface area contributed by atoms with Crippen molar-refractivity contribution in [2.24, 2.45) is 0 Å². The summed E-state index contributed by atoms with van der Waals surface area (Å²) in [5.41, 5.74) is 2.03. The first kappa shape index (κ1) is 15.1. The average molecular weight is 321 g/mol. The summed E-state index contributed by atoms with van der Waals surface area (Å²) in [6.07, 6.45) is 0.854. The van der Waals surface area contributed by atoms with Gasteiger partial charge in [0, 0.05) is 32.1 Å². The fourth-order valence-corrected chi connectivity index (χ4v) is 3.32. The average Bonchev–Trinajstić information content (AvgIpc) is 2.94. The van der Waals surface area contributed by atoms with E-state index in [1.807, 2.05) is 13.8 Å². The third-order valence-corrected chi connectivity index (χ3v) is 4.42. The van der Waals surface area contributed by atoms with Crippen LogP contribution in [0.3, 0.4) is 0 Å². The minimum atomic E-state index is -0.0300. The monoisotopic (exact) mass is 321 g/mol. The molecule has 3 rings (SSSR count). The van der Waals surface area contributed by atoms with Gasteiger partial charge in [-0.25, -0.2) is 4.68 Å². The van der Waals surface area contributed by atoms with E-state index in [1.54, 1.807) is 6.07 Å². The third kappa shape index (κ3) is 3.17. The SMILES string of the molecule is CCOc1nnc(CN2CCc3nn(CC)c(=O)cc3C2)s1. The molecular formula is C14H19N5O2S. The quantitative estimate of drug-likeness (QED) is 0.820. The summed E-state index contributed by atoms with van der Waals surface area (Å²) in [5.74, 6) is 0. The molecule has 0 fully saturated rings. The van der Waals surface area contributed by atoms with E-state index in [0.717, 1.165) is 42.3 Å². The fourth-order valence-electron chi connectivity index (χ4n) is 2.53. The topological polar surface area (TPSA) is 73.1 Å². The smallest absolute Gasteiger partial charge is 0.294 e. The number of hydrogen-bond acceptors (Lipinski definition) is 7. The molecule has 0 saturated carbocycles. The molecule has 1 aliphatic rings. The van der Waals surface area contributed by atoms with Crippen LogP contribution < -0.4 is 10.3 Å². The Labute approximate surface area is 132 Å². The Hall–Kier alpha value is -1.80. The van der Waals surface area contributed by atoms with Gasteiger partial charge in [-0.3, -0.25) is 9.69 Å². The molecule has 0 bridgehead atoms. The summed E-state index contributed by atoms with van der Waals surface area (Å²) < 4.78 is 6.87. The zero-order valence-electron chi connectivity index (χ0n) is 12.8. The van der Waals surface area contributed by atoms with E-state index in [4.69, 9.17) is 4.74 Å². The molecule has 7 nitrogen and oxygen atoms in total. The van der Waals surface area contributed by atoms with Crippen molar-refractivity contribution in [3.63, 3.8) is 0 Å². The van der Waals surface area contributed by atoms with Gasteiger partial charge >= 0.3 is 0 Å². The fraction of sp³-hybridized carbons (Fsp3) is 0.571. The largest absolute Gasteiger partial charge is 0.469 e. The van der Waals surface area contributed by atoms with E-state index in [0.29, 0.717) is 18.3 Å². The molecule has 22 heavy (non-hydrogen) atoms. The zero-order chi connectivity index (χ0) is 15.5. The van der Waals surface area contributed by atoms with Crippen molar-refractivity contribution in [2.45, 2.75) is 39.9 Å². The molecule has 0 amide bonds. The summed E-state index contributed by atoms with van der Waals surface area (Å²) in [6.45, 7) is 7.43. The second kappa shape index (κ2) is 6.53. The highest BCUT2D eigenvalue weighted by Gasteiger charge is 2.20. The standard InChI is InChI=1S/C14H19N5O2S/c1-3-19-13(20)7-10-8-18(6-5-11(10)17-19)9-12-15-16-14(22-12)21-4-2/h7H,3-6,8-9H2,1-2H3. The predicted molar refractivity (Wildman–Crippen MR) is 83.1 cm³/mol. The Kier molecular flexibility index (Phi) is 4.49. The first-order valence-corrected chi connectivity index (χ1v) is 8.28. The van der Waals surface area contributed by atoms with Gasteiger partial charge in [0.05, 0.1) is 18.8 Å². The number of aromatic nitrogens is 4. The van der Waals surface area contributed by atoms with Gasteiger partial charge in [0.15, 0.2) is 0 Å². The van der Waals surface area contributed by atoms with Crippen LogP contribution >= 0.6 is 11.3 Å². The van der Waals surface area contributed by atoms with E-state index < -0.39 is 0 Å². The van der Waals surface area contributed by atoms with Crippen molar-refractivity contribution in [1.82, 2.24) is 24.9 Å². The Morgan fingerprint density at radius 1 is 1.36 bits per heavy atom. The van der Waals surface area contributed by atoms with Crippen LogP contribution in [-0.2, 0) is 26.1 Å². The lowest BCUT2D eigenvalue weighted by Gasteiger charge is -2.27. The van der Waals surface area contributed by atoms with Crippen LogP contribution in [0.4, 0.5) is 0 Å². The second-order valence-corrected chi connectivity index (χ2v) is 6.15. The lowest BCUT2D eigenvalue weighted by Crippen LogP contribution is -2.34. The van der Waals surface area contributed by atoms with Crippen LogP contribution in [-0.4, -0.2) is 38.0 Å². The highest BCUT2D eigenvalue weighted by atomic mass is 32.1. The van der Waals surface area contributed by atoms with Crippen molar-refractivity contribution >= 4 is 11.3 Å². The molecular weight excluding hydrogens is 302 g/mol. The Bertz CT molecular complexity index is 711. The van der Waals surface area contributed by atoms with Crippen LogP contribution in [0.2, 0.25) is 0 Å². The maximum atomic E-state index is 11.9. The van der Waals surface area contributed by atoms with E-state index in [-0.39, 0.29) is 5.56 Å². The molecule has 1 aliphatic heterocycles. The highest BCUT2D eigenvalue weighted by molar-refractivity contribution is 7.13. The molecule has 0 atom stereocenters. The molecule has 0 radical (unpaired) electrons. The van der Waals surface area contributed by atoms with Gasteiger partial charge in [0.2, 0.25) is 0 Å². The molecule has 2 aromatic heterocycles. The first-order valence-electron chi connectivity index (χ1n) is 7.47. The maximum Gasteiger partial charge on any atom is 0.294 e. The van der Waals surface area contributed by atoms with Gasteiger partial charge in [-0.1, -0.05) is 11.3 Å². The molecule has 0 saturated heterocycles. The second-order valence-electron chi connectivity index (χ2n) is 5.13. The number of aryl methyl sites for hydroxylation is 1. The summed E-state index contributed by atoms with van der Waals surface area (Å²) in [6, 6.07) is 1.71. The number of hydrogen-bond donors (Lipinski definition) is 0.